The fourth-order valence-electron chi connectivity index (χ4n) is 2.96. The number of nitrogens with zero attached hydrogens (tertiary/aromatic N) is 3. The van der Waals surface area contributed by atoms with Crippen molar-refractivity contribution < 1.29 is 4.74 Å². The van der Waals surface area contributed by atoms with Crippen molar-refractivity contribution in [3.63, 3.8) is 0 Å². The van der Waals surface area contributed by atoms with Crippen LogP contribution in [0.5, 0.6) is 0 Å². The van der Waals surface area contributed by atoms with Gasteiger partial charge in [-0.25, -0.2) is 0 Å². The first-order chi connectivity index (χ1) is 9.65. The fraction of sp³-hybridized carbons (Fsp3) is 0.533. The molecule has 2 aromatic rings. The van der Waals surface area contributed by atoms with Gasteiger partial charge in [-0.05, 0) is 19.1 Å². The second kappa shape index (κ2) is 5.68. The Kier molecular flexibility index (Phi) is 3.92. The van der Waals surface area contributed by atoms with Crippen molar-refractivity contribution in [3.05, 3.63) is 39.3 Å². The summed E-state index contributed by atoms with van der Waals surface area (Å²) in [5.74, 6) is 0.429. The van der Waals surface area contributed by atoms with Crippen LogP contribution in [0.25, 0.3) is 0 Å². The maximum Gasteiger partial charge on any atom is 0.0800 e. The molecule has 4 nitrogen and oxygen atoms in total. The van der Waals surface area contributed by atoms with Crippen molar-refractivity contribution in [2.24, 2.45) is 7.05 Å². The fourth-order valence-corrected chi connectivity index (χ4v) is 3.89. The SMILES string of the molecule is COC[C@@H]1CN(Cc2ccc(C)s2)Cc2nn(C)cc21. The third-order valence-electron chi connectivity index (χ3n) is 3.77. The zero-order valence-corrected chi connectivity index (χ0v) is 13.1. The second-order valence-electron chi connectivity index (χ2n) is 5.54. The Balaban J connectivity index is 1.78. The number of aromatic nitrogens is 2. The van der Waals surface area contributed by atoms with Gasteiger partial charge in [0.2, 0.25) is 0 Å². The van der Waals surface area contributed by atoms with E-state index in [1.807, 2.05) is 23.1 Å². The van der Waals surface area contributed by atoms with Crippen LogP contribution in [0.4, 0.5) is 0 Å². The Labute approximate surface area is 124 Å². The van der Waals surface area contributed by atoms with Crippen LogP contribution >= 0.6 is 11.3 Å². The van der Waals surface area contributed by atoms with E-state index in [2.05, 4.69) is 35.3 Å². The third-order valence-corrected chi connectivity index (χ3v) is 4.76. The van der Waals surface area contributed by atoms with Gasteiger partial charge in [0.15, 0.2) is 0 Å². The molecule has 0 aliphatic carbocycles. The van der Waals surface area contributed by atoms with Crippen molar-refractivity contribution in [3.8, 4) is 0 Å². The first-order valence-corrected chi connectivity index (χ1v) is 7.76. The summed E-state index contributed by atoms with van der Waals surface area (Å²) in [4.78, 5) is 5.28. The Morgan fingerprint density at radius 2 is 2.30 bits per heavy atom. The van der Waals surface area contributed by atoms with Gasteiger partial charge >= 0.3 is 0 Å². The molecule has 3 heterocycles. The first kappa shape index (κ1) is 13.8. The molecule has 0 radical (unpaired) electrons. The number of methoxy groups -OCH3 is 1. The van der Waals surface area contributed by atoms with Crippen LogP contribution < -0.4 is 0 Å². The molecule has 0 N–H and O–H groups in total. The molecule has 3 rings (SSSR count). The summed E-state index contributed by atoms with van der Waals surface area (Å²) in [5, 5.41) is 4.60. The molecule has 5 heteroatoms. The van der Waals surface area contributed by atoms with Gasteiger partial charge in [0.05, 0.1) is 12.3 Å². The van der Waals surface area contributed by atoms with Crippen molar-refractivity contribution >= 4 is 11.3 Å². The van der Waals surface area contributed by atoms with Crippen molar-refractivity contribution in [1.29, 1.82) is 0 Å². The molecule has 0 spiro atoms. The topological polar surface area (TPSA) is 30.3 Å². The van der Waals surface area contributed by atoms with Crippen LogP contribution in [0, 0.1) is 6.92 Å². The highest BCUT2D eigenvalue weighted by atomic mass is 32.1. The van der Waals surface area contributed by atoms with E-state index in [4.69, 9.17) is 4.74 Å². The Hall–Kier alpha value is -1.17. The van der Waals surface area contributed by atoms with Gasteiger partial charge < -0.3 is 4.74 Å². The molecule has 1 atom stereocenters. The monoisotopic (exact) mass is 291 g/mol. The van der Waals surface area contributed by atoms with E-state index in [-0.39, 0.29) is 0 Å². The molecule has 0 aromatic carbocycles. The highest BCUT2D eigenvalue weighted by Crippen LogP contribution is 2.29. The summed E-state index contributed by atoms with van der Waals surface area (Å²) in [6.07, 6.45) is 2.14. The van der Waals surface area contributed by atoms with E-state index in [0.29, 0.717) is 5.92 Å². The standard InChI is InChI=1S/C15H21N3OS/c1-11-4-5-13(20-11)7-18-6-12(10-19-3)14-8-17(2)16-15(14)9-18/h4-5,8,12H,6-7,9-10H2,1-3H3/t12-/m0/s1. The molecule has 0 amide bonds. The van der Waals surface area contributed by atoms with E-state index >= 15 is 0 Å². The van der Waals surface area contributed by atoms with Gasteiger partial charge in [-0.15, -0.1) is 11.3 Å². The van der Waals surface area contributed by atoms with E-state index in [9.17, 15) is 0 Å². The maximum absolute atomic E-state index is 5.39. The quantitative estimate of drug-likeness (QED) is 0.867. The molecule has 1 aliphatic heterocycles. The molecule has 0 fully saturated rings. The molecule has 20 heavy (non-hydrogen) atoms. The molecular weight excluding hydrogens is 270 g/mol. The Morgan fingerprint density at radius 3 is 3.00 bits per heavy atom. The van der Waals surface area contributed by atoms with Crippen LogP contribution in [0.1, 0.15) is 26.9 Å². The number of aryl methyl sites for hydroxylation is 2. The number of ether oxygens (including phenoxy) is 1. The van der Waals surface area contributed by atoms with Crippen LogP contribution in [-0.2, 0) is 24.9 Å². The van der Waals surface area contributed by atoms with Crippen molar-refractivity contribution in [2.45, 2.75) is 25.9 Å². The van der Waals surface area contributed by atoms with Crippen LogP contribution in [0.15, 0.2) is 18.3 Å². The highest BCUT2D eigenvalue weighted by molar-refractivity contribution is 7.11. The van der Waals surface area contributed by atoms with E-state index in [0.717, 1.165) is 26.2 Å². The number of thiophene rings is 1. The summed E-state index contributed by atoms with van der Waals surface area (Å²) in [6, 6.07) is 4.43. The zero-order chi connectivity index (χ0) is 14.1. The molecule has 0 saturated carbocycles. The van der Waals surface area contributed by atoms with Crippen LogP contribution in [-0.4, -0.2) is 34.9 Å². The Morgan fingerprint density at radius 1 is 1.45 bits per heavy atom. The minimum atomic E-state index is 0.429. The van der Waals surface area contributed by atoms with Gasteiger partial charge in [0.1, 0.15) is 0 Å². The summed E-state index contributed by atoms with van der Waals surface area (Å²) in [7, 11) is 3.77. The maximum atomic E-state index is 5.39. The molecular formula is C15H21N3OS. The highest BCUT2D eigenvalue weighted by Gasteiger charge is 2.28. The molecule has 1 aliphatic rings. The largest absolute Gasteiger partial charge is 0.384 e. The molecule has 0 saturated heterocycles. The predicted octanol–water partition coefficient (Wildman–Crippen LogP) is 2.54. The lowest BCUT2D eigenvalue weighted by atomic mass is 9.96. The van der Waals surface area contributed by atoms with Gasteiger partial charge in [-0.2, -0.15) is 5.10 Å². The average Bonchev–Trinajstić information content (AvgIpc) is 2.95. The van der Waals surface area contributed by atoms with Crippen LogP contribution in [0.3, 0.4) is 0 Å². The van der Waals surface area contributed by atoms with Gasteiger partial charge in [-0.1, -0.05) is 0 Å². The summed E-state index contributed by atoms with van der Waals surface area (Å²) < 4.78 is 7.31. The normalized spacial score (nSPS) is 19.2. The Bertz CT molecular complexity index is 590. The first-order valence-electron chi connectivity index (χ1n) is 6.94. The lowest BCUT2D eigenvalue weighted by Gasteiger charge is -2.31. The molecule has 0 bridgehead atoms. The van der Waals surface area contributed by atoms with E-state index in [1.165, 1.54) is 21.0 Å². The van der Waals surface area contributed by atoms with Gasteiger partial charge in [-0.3, -0.25) is 9.58 Å². The third kappa shape index (κ3) is 2.80. The lowest BCUT2D eigenvalue weighted by molar-refractivity contribution is 0.136. The molecule has 0 unspecified atom stereocenters. The number of hydrogen-bond donors (Lipinski definition) is 0. The molecule has 108 valence electrons. The van der Waals surface area contributed by atoms with E-state index < -0.39 is 0 Å². The van der Waals surface area contributed by atoms with Crippen LogP contribution in [0.2, 0.25) is 0 Å². The van der Waals surface area contributed by atoms with E-state index in [1.54, 1.807) is 7.11 Å². The minimum absolute atomic E-state index is 0.429. The van der Waals surface area contributed by atoms with Crippen molar-refractivity contribution in [1.82, 2.24) is 14.7 Å². The number of hydrogen-bond acceptors (Lipinski definition) is 4. The molecule has 2 aromatic heterocycles. The minimum Gasteiger partial charge on any atom is -0.384 e. The lowest BCUT2D eigenvalue weighted by Crippen LogP contribution is -2.34. The number of rotatable bonds is 4. The smallest absolute Gasteiger partial charge is 0.0800 e. The summed E-state index contributed by atoms with van der Waals surface area (Å²) in [6.45, 7) is 5.92. The second-order valence-corrected chi connectivity index (χ2v) is 6.91. The number of fused-ring (bicyclic) bond motifs is 1. The van der Waals surface area contributed by atoms with Gasteiger partial charge in [0, 0.05) is 61.2 Å². The van der Waals surface area contributed by atoms with Crippen molar-refractivity contribution in [2.75, 3.05) is 20.3 Å². The summed E-state index contributed by atoms with van der Waals surface area (Å²) >= 11 is 1.88. The van der Waals surface area contributed by atoms with Gasteiger partial charge in [0.25, 0.3) is 0 Å². The average molecular weight is 291 g/mol. The predicted molar refractivity (Wildman–Crippen MR) is 81.0 cm³/mol. The zero-order valence-electron chi connectivity index (χ0n) is 12.3. The summed E-state index contributed by atoms with van der Waals surface area (Å²) in [5.41, 5.74) is 2.56.